The van der Waals surface area contributed by atoms with Crippen LogP contribution in [0.4, 0.5) is 22.7 Å². The van der Waals surface area contributed by atoms with E-state index in [0.717, 1.165) is 12.1 Å². The number of nitrogens with zero attached hydrogens (tertiary/aromatic N) is 3. The molecule has 1 aromatic heterocycles. The summed E-state index contributed by atoms with van der Waals surface area (Å²) in [5.41, 5.74) is 12.5. The molecule has 0 saturated heterocycles. The van der Waals surface area contributed by atoms with Crippen LogP contribution >= 0.6 is 0 Å². The lowest BCUT2D eigenvalue weighted by atomic mass is 9.88. The minimum absolute atomic E-state index is 0.170. The van der Waals surface area contributed by atoms with Crippen LogP contribution in [0.5, 0.6) is 0 Å². The third-order valence-corrected chi connectivity index (χ3v) is 10.2. The zero-order chi connectivity index (χ0) is 31.9. The Hall–Kier alpha value is -5.87. The summed E-state index contributed by atoms with van der Waals surface area (Å²) in [6.45, 7) is 0. The molecule has 1 N–H and O–H groups in total. The van der Waals surface area contributed by atoms with Gasteiger partial charge in [-0.15, -0.1) is 0 Å². The number of hydrogen-bond acceptors (Lipinski definition) is 4. The lowest BCUT2D eigenvalue weighted by Gasteiger charge is -2.29. The van der Waals surface area contributed by atoms with E-state index in [0.29, 0.717) is 5.92 Å². The van der Waals surface area contributed by atoms with Gasteiger partial charge in [-0.1, -0.05) is 97.1 Å². The first-order chi connectivity index (χ1) is 23.8. The molecule has 4 aliphatic rings. The average molecular weight is 621 g/mol. The van der Waals surface area contributed by atoms with E-state index in [1.165, 1.54) is 50.4 Å². The normalized spacial score (nSPS) is 23.8. The van der Waals surface area contributed by atoms with Crippen molar-refractivity contribution in [2.45, 2.75) is 30.3 Å². The average Bonchev–Trinajstić information content (AvgIpc) is 3.65. The number of rotatable bonds is 4. The third kappa shape index (κ3) is 4.89. The standard InChI is InChI=1S/C44H36N4/c1-3-11-31(12-4-1)32-13-9-14-35(27-32)47-41-18-7-6-17-38(41)40-28-33(20-22-42(40)47)34-19-21-39-37-16-5-2-8-24-45-26-23-43(37)48(44(39)29-34)36-15-10-25-46-30-36/h1-15,17-30,37-38,41,43,45H,16H2/b5-2-,24-8-,26-23-. The maximum atomic E-state index is 4.51. The quantitative estimate of drug-likeness (QED) is 0.217. The molecule has 0 saturated carbocycles. The van der Waals surface area contributed by atoms with E-state index in [2.05, 4.69) is 172 Å². The fraction of sp³-hybridized carbons (Fsp3) is 0.114. The summed E-state index contributed by atoms with van der Waals surface area (Å²) < 4.78 is 0. The van der Waals surface area contributed by atoms with Crippen LogP contribution in [0.15, 0.2) is 177 Å². The molecule has 0 amide bonds. The highest BCUT2D eigenvalue weighted by Gasteiger charge is 2.39. The Bertz CT molecular complexity index is 2120. The van der Waals surface area contributed by atoms with Crippen LogP contribution in [0.25, 0.3) is 22.3 Å². The molecule has 4 nitrogen and oxygen atoms in total. The van der Waals surface area contributed by atoms with E-state index in [4.69, 9.17) is 0 Å². The van der Waals surface area contributed by atoms with Gasteiger partial charge in [0.15, 0.2) is 0 Å². The third-order valence-electron chi connectivity index (χ3n) is 10.2. The summed E-state index contributed by atoms with van der Waals surface area (Å²) in [4.78, 5) is 9.49. The topological polar surface area (TPSA) is 31.4 Å². The maximum absolute atomic E-state index is 4.51. The molecule has 0 spiro atoms. The first-order valence-electron chi connectivity index (χ1n) is 16.9. The number of pyridine rings is 1. The fourth-order valence-electron chi connectivity index (χ4n) is 7.98. The van der Waals surface area contributed by atoms with E-state index in [9.17, 15) is 0 Å². The van der Waals surface area contributed by atoms with Gasteiger partial charge in [0, 0.05) is 41.3 Å². The molecule has 48 heavy (non-hydrogen) atoms. The van der Waals surface area contributed by atoms with Crippen molar-refractivity contribution in [2.75, 3.05) is 9.80 Å². The molecule has 1 aliphatic carbocycles. The summed E-state index contributed by atoms with van der Waals surface area (Å²) >= 11 is 0. The van der Waals surface area contributed by atoms with Crippen molar-refractivity contribution in [1.29, 1.82) is 0 Å². The number of nitrogens with one attached hydrogen (secondary N) is 1. The number of benzene rings is 4. The SMILES string of the molecule is C1=CC2c3cc(-c4ccc5c(c4)N(c4cccnc4)C4/C=C\N/C=C\C=C/CC54)ccc3N(c3cccc(-c4ccccc4)c3)C2C=C1. The summed E-state index contributed by atoms with van der Waals surface area (Å²) in [6.07, 6.45) is 26.7. The molecule has 4 unspecified atom stereocenters. The van der Waals surface area contributed by atoms with Crippen LogP contribution < -0.4 is 15.1 Å². The molecule has 4 atom stereocenters. The van der Waals surface area contributed by atoms with Gasteiger partial charge in [-0.3, -0.25) is 4.98 Å². The monoisotopic (exact) mass is 620 g/mol. The minimum atomic E-state index is 0.170. The molecule has 0 fully saturated rings. The molecule has 232 valence electrons. The van der Waals surface area contributed by atoms with E-state index >= 15 is 0 Å². The Balaban J connectivity index is 1.12. The maximum Gasteiger partial charge on any atom is 0.0629 e. The van der Waals surface area contributed by atoms with Crippen molar-refractivity contribution in [1.82, 2.24) is 10.3 Å². The molecule has 4 aromatic carbocycles. The predicted octanol–water partition coefficient (Wildman–Crippen LogP) is 10.3. The van der Waals surface area contributed by atoms with E-state index in [-0.39, 0.29) is 18.0 Å². The van der Waals surface area contributed by atoms with E-state index < -0.39 is 0 Å². The lowest BCUT2D eigenvalue weighted by molar-refractivity contribution is 0.645. The van der Waals surface area contributed by atoms with Gasteiger partial charge in [-0.25, -0.2) is 0 Å². The van der Waals surface area contributed by atoms with E-state index in [1.807, 2.05) is 24.7 Å². The second-order valence-electron chi connectivity index (χ2n) is 12.8. The molecule has 0 radical (unpaired) electrons. The lowest BCUT2D eigenvalue weighted by Crippen LogP contribution is -2.28. The number of allylic oxidation sites excluding steroid dienone is 5. The van der Waals surface area contributed by atoms with Crippen LogP contribution in [-0.2, 0) is 0 Å². The molecular formula is C44H36N4. The van der Waals surface area contributed by atoms with Gasteiger partial charge in [0.25, 0.3) is 0 Å². The highest BCUT2D eigenvalue weighted by Crippen LogP contribution is 2.51. The van der Waals surface area contributed by atoms with Gasteiger partial charge in [0.2, 0.25) is 0 Å². The van der Waals surface area contributed by atoms with Crippen LogP contribution in [-0.4, -0.2) is 17.1 Å². The van der Waals surface area contributed by atoms with Crippen molar-refractivity contribution < 1.29 is 0 Å². The Kier molecular flexibility index (Phi) is 7.12. The zero-order valence-corrected chi connectivity index (χ0v) is 26.6. The van der Waals surface area contributed by atoms with Crippen molar-refractivity contribution in [3.8, 4) is 22.3 Å². The zero-order valence-electron chi connectivity index (χ0n) is 26.6. The van der Waals surface area contributed by atoms with Gasteiger partial charge < -0.3 is 15.1 Å². The first kappa shape index (κ1) is 28.4. The van der Waals surface area contributed by atoms with Crippen molar-refractivity contribution in [3.63, 3.8) is 0 Å². The molecule has 4 heterocycles. The van der Waals surface area contributed by atoms with E-state index in [1.54, 1.807) is 0 Å². The number of anilines is 4. The Labute approximate surface area is 282 Å². The van der Waals surface area contributed by atoms with Crippen LogP contribution in [0.3, 0.4) is 0 Å². The Morgan fingerprint density at radius 1 is 0.562 bits per heavy atom. The van der Waals surface area contributed by atoms with Crippen molar-refractivity contribution in [3.05, 3.63) is 188 Å². The van der Waals surface area contributed by atoms with Gasteiger partial charge in [-0.05, 0) is 101 Å². The van der Waals surface area contributed by atoms with Crippen molar-refractivity contribution >= 4 is 22.7 Å². The Morgan fingerprint density at radius 2 is 1.38 bits per heavy atom. The number of hydrogen-bond donors (Lipinski definition) is 1. The van der Waals surface area contributed by atoms with Crippen LogP contribution in [0.1, 0.15) is 29.4 Å². The second kappa shape index (κ2) is 12.1. The highest BCUT2D eigenvalue weighted by molar-refractivity contribution is 5.84. The largest absolute Gasteiger partial charge is 0.368 e. The summed E-state index contributed by atoms with van der Waals surface area (Å²) in [6, 6.07) is 38.4. The minimum Gasteiger partial charge on any atom is -0.368 e. The molecular weight excluding hydrogens is 585 g/mol. The van der Waals surface area contributed by atoms with Gasteiger partial charge in [0.1, 0.15) is 0 Å². The summed E-state index contributed by atoms with van der Waals surface area (Å²) in [7, 11) is 0. The van der Waals surface area contributed by atoms with Crippen LogP contribution in [0.2, 0.25) is 0 Å². The van der Waals surface area contributed by atoms with Gasteiger partial charge >= 0.3 is 0 Å². The molecule has 0 bridgehead atoms. The Morgan fingerprint density at radius 3 is 2.29 bits per heavy atom. The number of fused-ring (bicyclic) bond motifs is 6. The second-order valence-corrected chi connectivity index (χ2v) is 12.8. The molecule has 4 heteroatoms. The van der Waals surface area contributed by atoms with Gasteiger partial charge in [0.05, 0.1) is 24.0 Å². The van der Waals surface area contributed by atoms with Crippen LogP contribution in [0, 0.1) is 0 Å². The van der Waals surface area contributed by atoms with Crippen molar-refractivity contribution in [2.24, 2.45) is 0 Å². The summed E-state index contributed by atoms with van der Waals surface area (Å²) in [5, 5.41) is 3.31. The van der Waals surface area contributed by atoms with Gasteiger partial charge in [-0.2, -0.15) is 0 Å². The summed E-state index contributed by atoms with van der Waals surface area (Å²) in [5.74, 6) is 0.614. The first-order valence-corrected chi connectivity index (χ1v) is 16.9. The smallest absolute Gasteiger partial charge is 0.0629 e. The highest BCUT2D eigenvalue weighted by atomic mass is 15.2. The molecule has 5 aromatic rings. The number of aromatic nitrogens is 1. The fourth-order valence-corrected chi connectivity index (χ4v) is 7.98. The molecule has 3 aliphatic heterocycles. The molecule has 9 rings (SSSR count). The predicted molar refractivity (Wildman–Crippen MR) is 199 cm³/mol.